The first kappa shape index (κ1) is 15.7. The minimum absolute atomic E-state index is 0.147. The third kappa shape index (κ3) is 7.09. The van der Waals surface area contributed by atoms with E-state index in [2.05, 4.69) is 5.32 Å². The van der Waals surface area contributed by atoms with Crippen molar-refractivity contribution in [2.24, 2.45) is 0 Å². The first-order valence-corrected chi connectivity index (χ1v) is 6.68. The predicted molar refractivity (Wildman–Crippen MR) is 67.9 cm³/mol. The van der Waals surface area contributed by atoms with Crippen LogP contribution in [0.3, 0.4) is 0 Å². The molecule has 16 heavy (non-hydrogen) atoms. The van der Waals surface area contributed by atoms with Crippen molar-refractivity contribution in [2.75, 3.05) is 5.75 Å². The minimum Gasteiger partial charge on any atom is -0.480 e. The van der Waals surface area contributed by atoms with Gasteiger partial charge in [-0.05, 0) is 19.1 Å². The fourth-order valence-electron chi connectivity index (χ4n) is 1.19. The van der Waals surface area contributed by atoms with E-state index in [1.165, 1.54) is 0 Å². The molecule has 0 saturated heterocycles. The van der Waals surface area contributed by atoms with Gasteiger partial charge in [-0.25, -0.2) is 0 Å². The first-order valence-electron chi connectivity index (χ1n) is 5.63. The van der Waals surface area contributed by atoms with Gasteiger partial charge < -0.3 is 15.5 Å². The molecule has 0 aromatic rings. The quantitative estimate of drug-likeness (QED) is 0.605. The number of carbonyl (C=O) groups is 1. The van der Waals surface area contributed by atoms with Crippen molar-refractivity contribution >= 4 is 17.7 Å². The van der Waals surface area contributed by atoms with Gasteiger partial charge in [-0.2, -0.15) is 11.8 Å². The number of nitrogens with one attached hydrogen (secondary N) is 1. The Bertz CT molecular complexity index is 209. The van der Waals surface area contributed by atoms with Crippen molar-refractivity contribution in [3.8, 4) is 0 Å². The molecule has 0 aliphatic heterocycles. The van der Waals surface area contributed by atoms with E-state index < -0.39 is 12.0 Å². The molecule has 0 radical (unpaired) electrons. The van der Waals surface area contributed by atoms with E-state index in [1.807, 2.05) is 20.8 Å². The maximum Gasteiger partial charge on any atom is 0.320 e. The summed E-state index contributed by atoms with van der Waals surface area (Å²) in [5.41, 5.74) is 0. The number of carboxylic acids is 1. The van der Waals surface area contributed by atoms with Crippen LogP contribution in [0.2, 0.25) is 0 Å². The number of hydrogen-bond donors (Lipinski definition) is 3. The van der Waals surface area contributed by atoms with Gasteiger partial charge in [0.2, 0.25) is 0 Å². The van der Waals surface area contributed by atoms with E-state index >= 15 is 0 Å². The van der Waals surface area contributed by atoms with E-state index in [9.17, 15) is 9.90 Å². The van der Waals surface area contributed by atoms with Gasteiger partial charge in [0.05, 0.1) is 6.10 Å². The normalized spacial score (nSPS) is 17.1. The van der Waals surface area contributed by atoms with Gasteiger partial charge in [-0.15, -0.1) is 0 Å². The van der Waals surface area contributed by atoms with Gasteiger partial charge in [0.1, 0.15) is 6.04 Å². The van der Waals surface area contributed by atoms with Crippen LogP contribution in [-0.2, 0) is 4.79 Å². The summed E-state index contributed by atoms with van der Waals surface area (Å²) in [6.45, 7) is 7.56. The SMILES string of the molecule is CC(C)NC(CCSC(C)C(C)O)C(=O)O. The van der Waals surface area contributed by atoms with Crippen LogP contribution in [0.1, 0.15) is 34.1 Å². The van der Waals surface area contributed by atoms with E-state index in [4.69, 9.17) is 5.11 Å². The Morgan fingerprint density at radius 2 is 1.88 bits per heavy atom. The second kappa shape index (κ2) is 7.92. The van der Waals surface area contributed by atoms with Crippen LogP contribution in [0.15, 0.2) is 0 Å². The van der Waals surface area contributed by atoms with Crippen LogP contribution in [0.25, 0.3) is 0 Å². The molecular weight excluding hydrogens is 226 g/mol. The molecule has 0 aliphatic rings. The topological polar surface area (TPSA) is 69.6 Å². The summed E-state index contributed by atoms with van der Waals surface area (Å²) in [6, 6.07) is -0.325. The predicted octanol–water partition coefficient (Wildman–Crippen LogP) is 1.33. The highest BCUT2D eigenvalue weighted by Gasteiger charge is 2.18. The third-order valence-corrected chi connectivity index (χ3v) is 3.69. The van der Waals surface area contributed by atoms with Gasteiger partial charge in [-0.1, -0.05) is 20.8 Å². The zero-order chi connectivity index (χ0) is 12.7. The van der Waals surface area contributed by atoms with Crippen molar-refractivity contribution in [1.29, 1.82) is 0 Å². The molecule has 0 aromatic heterocycles. The van der Waals surface area contributed by atoms with Crippen molar-refractivity contribution in [3.05, 3.63) is 0 Å². The molecule has 0 heterocycles. The van der Waals surface area contributed by atoms with Gasteiger partial charge >= 0.3 is 5.97 Å². The second-order valence-corrected chi connectivity index (χ2v) is 5.80. The van der Waals surface area contributed by atoms with Crippen LogP contribution < -0.4 is 5.32 Å². The van der Waals surface area contributed by atoms with Crippen molar-refractivity contribution < 1.29 is 15.0 Å². The van der Waals surface area contributed by atoms with E-state index in [1.54, 1.807) is 18.7 Å². The Hall–Kier alpha value is -0.260. The molecule has 0 bridgehead atoms. The zero-order valence-electron chi connectivity index (χ0n) is 10.4. The number of rotatable bonds is 8. The average molecular weight is 249 g/mol. The number of aliphatic hydroxyl groups is 1. The number of thioether (sulfide) groups is 1. The molecule has 0 rings (SSSR count). The molecule has 0 aliphatic carbocycles. The summed E-state index contributed by atoms with van der Waals surface area (Å²) in [5.74, 6) is -0.0676. The summed E-state index contributed by atoms with van der Waals surface area (Å²) in [7, 11) is 0. The molecule has 5 heteroatoms. The molecule has 3 N–H and O–H groups in total. The monoisotopic (exact) mass is 249 g/mol. The maximum atomic E-state index is 10.9. The summed E-state index contributed by atoms with van der Waals surface area (Å²) in [6.07, 6.45) is 0.223. The molecule has 0 aromatic carbocycles. The van der Waals surface area contributed by atoms with E-state index in [-0.39, 0.29) is 17.4 Å². The molecule has 3 unspecified atom stereocenters. The van der Waals surface area contributed by atoms with Gasteiger partial charge in [0.15, 0.2) is 0 Å². The van der Waals surface area contributed by atoms with Gasteiger partial charge in [-0.3, -0.25) is 4.79 Å². The Kier molecular flexibility index (Phi) is 7.80. The Balaban J connectivity index is 3.89. The van der Waals surface area contributed by atoms with E-state index in [0.717, 1.165) is 5.75 Å². The third-order valence-electron chi connectivity index (χ3n) is 2.30. The minimum atomic E-state index is -0.806. The summed E-state index contributed by atoms with van der Waals surface area (Å²) < 4.78 is 0. The smallest absolute Gasteiger partial charge is 0.320 e. The Morgan fingerprint density at radius 1 is 1.31 bits per heavy atom. The average Bonchev–Trinajstić information content (AvgIpc) is 2.14. The highest BCUT2D eigenvalue weighted by molar-refractivity contribution is 7.99. The molecule has 3 atom stereocenters. The lowest BCUT2D eigenvalue weighted by Gasteiger charge is -2.19. The molecule has 0 spiro atoms. The first-order chi connectivity index (χ1) is 7.34. The van der Waals surface area contributed by atoms with Crippen molar-refractivity contribution in [3.63, 3.8) is 0 Å². The number of hydrogen-bond acceptors (Lipinski definition) is 4. The maximum absolute atomic E-state index is 10.9. The molecule has 0 fully saturated rings. The fourth-order valence-corrected chi connectivity index (χ4v) is 2.21. The molecular formula is C11H23NO3S. The van der Waals surface area contributed by atoms with Crippen molar-refractivity contribution in [1.82, 2.24) is 5.32 Å². The van der Waals surface area contributed by atoms with Crippen LogP contribution >= 0.6 is 11.8 Å². The lowest BCUT2D eigenvalue weighted by Crippen LogP contribution is -2.41. The largest absolute Gasteiger partial charge is 0.480 e. The van der Waals surface area contributed by atoms with Crippen LogP contribution in [0.5, 0.6) is 0 Å². The standard InChI is InChI=1S/C11H23NO3S/c1-7(2)12-10(11(14)15)5-6-16-9(4)8(3)13/h7-10,12-13H,5-6H2,1-4H3,(H,14,15). The second-order valence-electron chi connectivity index (χ2n) is 4.32. The molecule has 4 nitrogen and oxygen atoms in total. The van der Waals surface area contributed by atoms with Crippen LogP contribution in [0, 0.1) is 0 Å². The van der Waals surface area contributed by atoms with E-state index in [0.29, 0.717) is 6.42 Å². The molecule has 0 saturated carbocycles. The summed E-state index contributed by atoms with van der Waals surface area (Å²) in [5, 5.41) is 21.4. The summed E-state index contributed by atoms with van der Waals surface area (Å²) in [4.78, 5) is 10.9. The van der Waals surface area contributed by atoms with Gasteiger partial charge in [0.25, 0.3) is 0 Å². The lowest BCUT2D eigenvalue weighted by atomic mass is 10.2. The fraction of sp³-hybridized carbons (Fsp3) is 0.909. The summed E-state index contributed by atoms with van der Waals surface area (Å²) >= 11 is 1.60. The Labute approximate surface area is 102 Å². The number of aliphatic carboxylic acids is 1. The number of carboxylic acid groups (broad SMARTS) is 1. The highest BCUT2D eigenvalue weighted by atomic mass is 32.2. The number of aliphatic hydroxyl groups excluding tert-OH is 1. The van der Waals surface area contributed by atoms with Crippen LogP contribution in [-0.4, -0.2) is 45.4 Å². The Morgan fingerprint density at radius 3 is 2.25 bits per heavy atom. The van der Waals surface area contributed by atoms with Crippen LogP contribution in [0.4, 0.5) is 0 Å². The highest BCUT2D eigenvalue weighted by Crippen LogP contribution is 2.16. The molecule has 96 valence electrons. The molecule has 0 amide bonds. The van der Waals surface area contributed by atoms with Crippen molar-refractivity contribution in [2.45, 2.75) is 57.6 Å². The van der Waals surface area contributed by atoms with Gasteiger partial charge in [0, 0.05) is 11.3 Å². The lowest BCUT2D eigenvalue weighted by molar-refractivity contribution is -0.139. The zero-order valence-corrected chi connectivity index (χ0v) is 11.3.